The molecule has 2 fully saturated rings. The lowest BCUT2D eigenvalue weighted by molar-refractivity contribution is -0.115. The van der Waals surface area contributed by atoms with Crippen molar-refractivity contribution in [1.82, 2.24) is 10.1 Å². The van der Waals surface area contributed by atoms with Crippen LogP contribution in [0.4, 0.5) is 5.82 Å². The van der Waals surface area contributed by atoms with Crippen LogP contribution in [0.2, 0.25) is 0 Å². The van der Waals surface area contributed by atoms with Crippen molar-refractivity contribution in [1.29, 1.82) is 0 Å². The molecule has 2 aliphatic carbocycles. The van der Waals surface area contributed by atoms with Gasteiger partial charge >= 0.3 is 0 Å². The van der Waals surface area contributed by atoms with Crippen molar-refractivity contribution in [2.45, 2.75) is 116 Å². The summed E-state index contributed by atoms with van der Waals surface area (Å²) in [5, 5.41) is 4.16. The van der Waals surface area contributed by atoms with Crippen molar-refractivity contribution in [3.8, 4) is 11.1 Å². The van der Waals surface area contributed by atoms with Gasteiger partial charge in [-0.25, -0.2) is 0 Å². The highest BCUT2D eigenvalue weighted by atomic mass is 32.2. The second kappa shape index (κ2) is 14.1. The van der Waals surface area contributed by atoms with Gasteiger partial charge in [0.25, 0.3) is 0 Å². The standard InChI is InChI=1S/C35H46N4O3S/c1-6-7-12-33(36-35(5)18-17-24(2)20-35)39(23-40)21-27-13-16-30(28(19-27)22-41-29-14-15-29)31-10-8-9-11-32(31)43-38-34-25(3)26(4)42-37-34/h8-11,13,16,19,23-24,29H,6-7,12,14-15,17-18,20-22H2,1-5H3,(H,37,38). The van der Waals surface area contributed by atoms with Gasteiger partial charge in [0, 0.05) is 16.9 Å². The van der Waals surface area contributed by atoms with Crippen LogP contribution in [0.1, 0.15) is 94.6 Å². The molecule has 2 aliphatic rings. The van der Waals surface area contributed by atoms with Crippen LogP contribution in [0.5, 0.6) is 0 Å². The van der Waals surface area contributed by atoms with E-state index in [0.29, 0.717) is 25.2 Å². The number of carbonyl (C=O) groups excluding carboxylic acids is 1. The van der Waals surface area contributed by atoms with Gasteiger partial charge in [0.1, 0.15) is 11.6 Å². The number of anilines is 1. The predicted octanol–water partition coefficient (Wildman–Crippen LogP) is 8.88. The molecule has 43 heavy (non-hydrogen) atoms. The van der Waals surface area contributed by atoms with E-state index in [9.17, 15) is 4.79 Å². The largest absolute Gasteiger partial charge is 0.374 e. The van der Waals surface area contributed by atoms with E-state index >= 15 is 0 Å². The smallest absolute Gasteiger partial charge is 0.215 e. The van der Waals surface area contributed by atoms with Crippen molar-refractivity contribution in [3.63, 3.8) is 0 Å². The minimum Gasteiger partial charge on any atom is -0.374 e. The SMILES string of the molecule is CCCCC(=NC1(C)CCC(C)C1)N(C=O)Cc1ccc(-c2ccccc2SNc2noc(C)c2C)c(COC2CC2)c1. The van der Waals surface area contributed by atoms with Crippen molar-refractivity contribution >= 4 is 30.0 Å². The number of rotatable bonds is 14. The Labute approximate surface area is 261 Å². The molecule has 2 atom stereocenters. The Hall–Kier alpha value is -3.10. The number of nitrogens with zero attached hydrogens (tertiary/aromatic N) is 3. The zero-order valence-electron chi connectivity index (χ0n) is 26.3. The van der Waals surface area contributed by atoms with E-state index in [0.717, 1.165) is 101 Å². The normalized spacial score (nSPS) is 20.4. The average molecular weight is 603 g/mol. The van der Waals surface area contributed by atoms with E-state index in [1.54, 1.807) is 0 Å². The average Bonchev–Trinajstić information content (AvgIpc) is 3.70. The van der Waals surface area contributed by atoms with Crippen molar-refractivity contribution in [2.75, 3.05) is 4.72 Å². The molecule has 0 aliphatic heterocycles. The summed E-state index contributed by atoms with van der Waals surface area (Å²) >= 11 is 1.53. The van der Waals surface area contributed by atoms with Gasteiger partial charge in [0.05, 0.1) is 24.8 Å². The molecule has 3 aromatic rings. The number of unbranched alkanes of at least 4 members (excludes halogenated alkanes) is 1. The molecule has 0 radical (unpaired) electrons. The number of benzene rings is 2. The van der Waals surface area contributed by atoms with Gasteiger partial charge in [0.2, 0.25) is 6.41 Å². The fraction of sp³-hybridized carbons (Fsp3) is 0.514. The molecule has 1 aromatic heterocycles. The van der Waals surface area contributed by atoms with Gasteiger partial charge < -0.3 is 14.0 Å². The van der Waals surface area contributed by atoms with Crippen LogP contribution in [-0.4, -0.2) is 33.9 Å². The number of amides is 1. The minimum absolute atomic E-state index is 0.0878. The molecule has 2 unspecified atom stereocenters. The van der Waals surface area contributed by atoms with E-state index in [4.69, 9.17) is 14.3 Å². The Morgan fingerprint density at radius 1 is 1.21 bits per heavy atom. The van der Waals surface area contributed by atoms with Gasteiger partial charge in [-0.2, -0.15) is 0 Å². The van der Waals surface area contributed by atoms with Gasteiger partial charge in [0.15, 0.2) is 5.82 Å². The molecule has 230 valence electrons. The first-order chi connectivity index (χ1) is 20.8. The zero-order chi connectivity index (χ0) is 30.4. The summed E-state index contributed by atoms with van der Waals surface area (Å²) in [6, 6.07) is 14.9. The Morgan fingerprint density at radius 3 is 2.70 bits per heavy atom. The van der Waals surface area contributed by atoms with Crippen LogP contribution in [-0.2, 0) is 22.7 Å². The number of hydrogen-bond donors (Lipinski definition) is 1. The molecule has 2 aromatic carbocycles. The van der Waals surface area contributed by atoms with Gasteiger partial charge in [-0.1, -0.05) is 61.8 Å². The third-order valence-corrected chi connectivity index (χ3v) is 9.56. The summed E-state index contributed by atoms with van der Waals surface area (Å²) in [6.45, 7) is 11.7. The molecular weight excluding hydrogens is 556 g/mol. The Morgan fingerprint density at radius 2 is 2.02 bits per heavy atom. The highest BCUT2D eigenvalue weighted by Gasteiger charge is 2.33. The number of hydrogen-bond acceptors (Lipinski definition) is 7. The number of amidine groups is 1. The van der Waals surface area contributed by atoms with E-state index in [1.165, 1.54) is 18.4 Å². The number of aliphatic imine (C=N–C) groups is 1. The first-order valence-electron chi connectivity index (χ1n) is 15.8. The summed E-state index contributed by atoms with van der Waals surface area (Å²) < 4.78 is 14.9. The monoisotopic (exact) mass is 602 g/mol. The van der Waals surface area contributed by atoms with Crippen LogP contribution in [0.15, 0.2) is 56.9 Å². The first kappa shape index (κ1) is 31.3. The molecule has 0 saturated heterocycles. The van der Waals surface area contributed by atoms with Crippen LogP contribution >= 0.6 is 11.9 Å². The number of nitrogens with one attached hydrogen (secondary N) is 1. The van der Waals surface area contributed by atoms with Crippen LogP contribution in [0.25, 0.3) is 11.1 Å². The quantitative estimate of drug-likeness (QED) is 0.0859. The lowest BCUT2D eigenvalue weighted by Crippen LogP contribution is -2.33. The Bertz CT molecular complexity index is 1430. The van der Waals surface area contributed by atoms with Crippen LogP contribution in [0.3, 0.4) is 0 Å². The maximum atomic E-state index is 12.5. The fourth-order valence-electron chi connectivity index (χ4n) is 5.87. The summed E-state index contributed by atoms with van der Waals surface area (Å²) in [6.07, 6.45) is 9.81. The van der Waals surface area contributed by atoms with E-state index < -0.39 is 0 Å². The maximum Gasteiger partial charge on any atom is 0.215 e. The van der Waals surface area contributed by atoms with Gasteiger partial charge in [-0.15, -0.1) is 0 Å². The number of ether oxygens (including phenoxy) is 1. The molecule has 5 rings (SSSR count). The maximum absolute atomic E-state index is 12.5. The molecule has 1 amide bonds. The van der Waals surface area contributed by atoms with Gasteiger partial charge in [-0.05, 0) is 105 Å². The number of aryl methyl sites for hydroxylation is 1. The van der Waals surface area contributed by atoms with Crippen LogP contribution in [0, 0.1) is 19.8 Å². The summed E-state index contributed by atoms with van der Waals surface area (Å²) in [5.41, 5.74) is 5.38. The fourth-order valence-corrected chi connectivity index (χ4v) is 6.71. The summed E-state index contributed by atoms with van der Waals surface area (Å²) in [7, 11) is 0. The molecule has 1 N–H and O–H groups in total. The summed E-state index contributed by atoms with van der Waals surface area (Å²) in [5.74, 6) is 3.14. The number of aromatic nitrogens is 1. The Balaban J connectivity index is 1.42. The van der Waals surface area contributed by atoms with Crippen molar-refractivity contribution in [2.24, 2.45) is 10.9 Å². The second-order valence-corrected chi connectivity index (χ2v) is 13.5. The minimum atomic E-state index is -0.0878. The molecule has 0 bridgehead atoms. The second-order valence-electron chi connectivity index (χ2n) is 12.6. The molecule has 7 nitrogen and oxygen atoms in total. The predicted molar refractivity (Wildman–Crippen MR) is 175 cm³/mol. The zero-order valence-corrected chi connectivity index (χ0v) is 27.1. The first-order valence-corrected chi connectivity index (χ1v) is 16.6. The van der Waals surface area contributed by atoms with E-state index in [2.05, 4.69) is 67.0 Å². The van der Waals surface area contributed by atoms with E-state index in [-0.39, 0.29) is 5.54 Å². The third kappa shape index (κ3) is 8.09. The van der Waals surface area contributed by atoms with Crippen LogP contribution < -0.4 is 4.72 Å². The molecular formula is C35H46N4O3S. The molecule has 2 saturated carbocycles. The Kier molecular flexibility index (Phi) is 10.3. The van der Waals surface area contributed by atoms with Crippen molar-refractivity contribution < 1.29 is 14.1 Å². The molecule has 1 heterocycles. The molecule has 8 heteroatoms. The highest BCUT2D eigenvalue weighted by Crippen LogP contribution is 2.38. The van der Waals surface area contributed by atoms with Gasteiger partial charge in [-0.3, -0.25) is 14.7 Å². The topological polar surface area (TPSA) is 80.0 Å². The third-order valence-electron chi connectivity index (χ3n) is 8.69. The molecule has 0 spiro atoms. The summed E-state index contributed by atoms with van der Waals surface area (Å²) in [4.78, 5) is 20.7. The lowest BCUT2D eigenvalue weighted by Gasteiger charge is -2.26. The lowest BCUT2D eigenvalue weighted by atomic mass is 9.97. The number of carbonyl (C=O) groups is 1. The highest BCUT2D eigenvalue weighted by molar-refractivity contribution is 8.00. The van der Waals surface area contributed by atoms with Crippen molar-refractivity contribution in [3.05, 3.63) is 64.9 Å². The van der Waals surface area contributed by atoms with E-state index in [1.807, 2.05) is 24.8 Å².